The van der Waals surface area contributed by atoms with E-state index in [-0.39, 0.29) is 11.7 Å². The number of halogens is 3. The first-order valence-electron chi connectivity index (χ1n) is 11.2. The Bertz CT molecular complexity index is 1150. The number of hydrogen-bond acceptors (Lipinski definition) is 6. The van der Waals surface area contributed by atoms with Gasteiger partial charge in [0.15, 0.2) is 0 Å². The number of nitrogens with one attached hydrogen (secondary N) is 1. The van der Waals surface area contributed by atoms with E-state index < -0.39 is 5.82 Å². The lowest BCUT2D eigenvalue weighted by atomic mass is 9.79. The lowest BCUT2D eigenvalue weighted by molar-refractivity contribution is 0.0683. The minimum Gasteiger partial charge on any atom is -0.491 e. The largest absolute Gasteiger partial charge is 0.491 e. The van der Waals surface area contributed by atoms with Crippen molar-refractivity contribution in [1.29, 1.82) is 0 Å². The van der Waals surface area contributed by atoms with E-state index in [0.29, 0.717) is 34.1 Å². The molecule has 0 radical (unpaired) electrons. The first-order valence-corrected chi connectivity index (χ1v) is 13.3. The van der Waals surface area contributed by atoms with Crippen molar-refractivity contribution in [3.05, 3.63) is 75.6 Å². The van der Waals surface area contributed by atoms with Crippen LogP contribution in [0.4, 0.5) is 14.6 Å². The average Bonchev–Trinajstić information content (AvgIpc) is 3.32. The van der Waals surface area contributed by atoms with Crippen LogP contribution in [-0.2, 0) is 0 Å². The molecule has 5 rings (SSSR count). The minimum absolute atomic E-state index is 0.0824. The van der Waals surface area contributed by atoms with Gasteiger partial charge < -0.3 is 9.46 Å². The van der Waals surface area contributed by atoms with E-state index in [2.05, 4.69) is 20.7 Å². The van der Waals surface area contributed by atoms with Crippen molar-refractivity contribution in [2.24, 2.45) is 5.92 Å². The van der Waals surface area contributed by atoms with Gasteiger partial charge in [0.25, 0.3) is 0 Å². The summed E-state index contributed by atoms with van der Waals surface area (Å²) in [5, 5.41) is 2.20. The maximum Gasteiger partial charge on any atom is 0.147 e. The first-order chi connectivity index (χ1) is 16.6. The molecule has 2 aliphatic rings. The van der Waals surface area contributed by atoms with Gasteiger partial charge >= 0.3 is 0 Å². The van der Waals surface area contributed by atoms with E-state index in [1.807, 2.05) is 17.5 Å². The van der Waals surface area contributed by atoms with Crippen molar-refractivity contribution in [3.8, 4) is 5.75 Å². The lowest BCUT2D eigenvalue weighted by Gasteiger charge is -2.45. The number of thiazole rings is 1. The first kappa shape index (κ1) is 23.6. The summed E-state index contributed by atoms with van der Waals surface area (Å²) in [6.07, 6.45) is 5.44. The summed E-state index contributed by atoms with van der Waals surface area (Å²) >= 11 is 9.05. The minimum atomic E-state index is -0.413. The molecule has 1 fully saturated rings. The molecule has 34 heavy (non-hydrogen) atoms. The normalized spacial score (nSPS) is 20.5. The molecule has 1 aromatic heterocycles. The summed E-state index contributed by atoms with van der Waals surface area (Å²) < 4.78 is 37.5. The molecular formula is C25H24ClF2N3OS2. The van der Waals surface area contributed by atoms with Crippen LogP contribution in [0.1, 0.15) is 24.8 Å². The molecule has 1 aliphatic heterocycles. The Kier molecular flexibility index (Phi) is 7.39. The summed E-state index contributed by atoms with van der Waals surface area (Å²) in [6.45, 7) is 2.52. The third kappa shape index (κ3) is 5.25. The molecule has 1 N–H and O–H groups in total. The third-order valence-corrected chi connectivity index (χ3v) is 8.06. The Balaban J connectivity index is 1.33. The van der Waals surface area contributed by atoms with Crippen molar-refractivity contribution in [1.82, 2.24) is 9.88 Å². The van der Waals surface area contributed by atoms with Crippen LogP contribution in [0.15, 0.2) is 58.3 Å². The molecule has 1 saturated heterocycles. The maximum absolute atomic E-state index is 14.8. The van der Waals surface area contributed by atoms with Gasteiger partial charge in [-0.05, 0) is 73.6 Å². The van der Waals surface area contributed by atoms with E-state index in [1.165, 1.54) is 36.0 Å². The molecule has 2 heterocycles. The Morgan fingerprint density at radius 2 is 2.03 bits per heavy atom. The Labute approximate surface area is 211 Å². The smallest absolute Gasteiger partial charge is 0.147 e. The summed E-state index contributed by atoms with van der Waals surface area (Å²) in [4.78, 5) is 6.98. The molecule has 0 amide bonds. The zero-order chi connectivity index (χ0) is 23.5. The van der Waals surface area contributed by atoms with Crippen LogP contribution >= 0.6 is 34.9 Å². The topological polar surface area (TPSA) is 37.4 Å². The van der Waals surface area contributed by atoms with E-state index in [9.17, 15) is 8.78 Å². The predicted octanol–water partition coefficient (Wildman–Crippen LogP) is 7.14. The van der Waals surface area contributed by atoms with Crippen molar-refractivity contribution in [3.63, 3.8) is 0 Å². The zero-order valence-corrected chi connectivity index (χ0v) is 20.7. The van der Waals surface area contributed by atoms with Crippen LogP contribution < -0.4 is 9.46 Å². The number of hydrogen-bond donors (Lipinski definition) is 1. The fourth-order valence-electron chi connectivity index (χ4n) is 4.50. The number of allylic oxidation sites excluding steroid dienone is 1. The molecule has 4 nitrogen and oxygen atoms in total. The van der Waals surface area contributed by atoms with Gasteiger partial charge in [-0.3, -0.25) is 4.90 Å². The highest BCUT2D eigenvalue weighted by Gasteiger charge is 2.36. The maximum atomic E-state index is 14.8. The molecule has 0 saturated carbocycles. The molecule has 2 aromatic carbocycles. The van der Waals surface area contributed by atoms with Crippen molar-refractivity contribution in [2.45, 2.75) is 30.2 Å². The summed E-state index contributed by atoms with van der Waals surface area (Å²) in [5.41, 5.74) is 3.85. The van der Waals surface area contributed by atoms with E-state index in [1.54, 1.807) is 11.6 Å². The zero-order valence-electron chi connectivity index (χ0n) is 18.3. The molecule has 1 aliphatic carbocycles. The quantitative estimate of drug-likeness (QED) is 0.320. The molecule has 2 unspecified atom stereocenters. The number of nitrogens with zero attached hydrogens (tertiary/aromatic N) is 2. The molecular weight excluding hydrogens is 496 g/mol. The molecule has 0 spiro atoms. The van der Waals surface area contributed by atoms with Gasteiger partial charge in [0.05, 0.1) is 22.0 Å². The number of ether oxygens (including phenoxy) is 1. The highest BCUT2D eigenvalue weighted by molar-refractivity contribution is 8.00. The fourth-order valence-corrected chi connectivity index (χ4v) is 6.00. The van der Waals surface area contributed by atoms with Crippen LogP contribution in [0, 0.1) is 17.6 Å². The Morgan fingerprint density at radius 3 is 2.74 bits per heavy atom. The molecule has 2 atom stereocenters. The van der Waals surface area contributed by atoms with E-state index in [0.717, 1.165) is 49.0 Å². The van der Waals surface area contributed by atoms with E-state index in [4.69, 9.17) is 16.3 Å². The summed E-state index contributed by atoms with van der Waals surface area (Å²) in [7, 11) is 0. The Hall–Kier alpha value is -2.13. The molecule has 9 heteroatoms. The van der Waals surface area contributed by atoms with Crippen LogP contribution in [0.25, 0.3) is 5.57 Å². The number of anilines is 1. The van der Waals surface area contributed by atoms with Gasteiger partial charge in [-0.15, -0.1) is 11.3 Å². The number of rotatable bonds is 8. The molecule has 3 aromatic rings. The second-order valence-electron chi connectivity index (χ2n) is 8.41. The highest BCUT2D eigenvalue weighted by Crippen LogP contribution is 2.39. The predicted molar refractivity (Wildman–Crippen MR) is 136 cm³/mol. The highest BCUT2D eigenvalue weighted by atomic mass is 35.5. The van der Waals surface area contributed by atoms with Crippen LogP contribution in [0.3, 0.4) is 0 Å². The fraction of sp³-hybridized carbons (Fsp3) is 0.320. The van der Waals surface area contributed by atoms with Gasteiger partial charge in [0.1, 0.15) is 23.2 Å². The number of aromatic nitrogens is 1. The van der Waals surface area contributed by atoms with Crippen LogP contribution in [0.2, 0.25) is 5.02 Å². The van der Waals surface area contributed by atoms with Gasteiger partial charge in [0.2, 0.25) is 0 Å². The van der Waals surface area contributed by atoms with Crippen molar-refractivity contribution in [2.75, 3.05) is 24.4 Å². The summed E-state index contributed by atoms with van der Waals surface area (Å²) in [5.74, 6) is 0.406. The third-order valence-electron chi connectivity index (χ3n) is 6.33. The average molecular weight is 520 g/mol. The lowest BCUT2D eigenvalue weighted by Crippen LogP contribution is -2.51. The van der Waals surface area contributed by atoms with Gasteiger partial charge in [-0.1, -0.05) is 29.8 Å². The van der Waals surface area contributed by atoms with Gasteiger partial charge in [-0.25, -0.2) is 13.8 Å². The van der Waals surface area contributed by atoms with Crippen LogP contribution in [-0.4, -0.2) is 35.6 Å². The van der Waals surface area contributed by atoms with Crippen molar-refractivity contribution >= 4 is 46.3 Å². The van der Waals surface area contributed by atoms with Crippen molar-refractivity contribution < 1.29 is 13.5 Å². The molecule has 178 valence electrons. The summed E-state index contributed by atoms with van der Waals surface area (Å²) in [6, 6.07) is 9.87. The van der Waals surface area contributed by atoms with E-state index >= 15 is 0 Å². The number of likely N-dealkylation sites (tertiary alicyclic amines) is 1. The van der Waals surface area contributed by atoms with Gasteiger partial charge in [-0.2, -0.15) is 0 Å². The second kappa shape index (κ2) is 10.6. The molecule has 0 bridgehead atoms. The standard InChI is InChI=1S/C25H24ClF2N3OS2/c26-20-11-24(34-30-25-14-33-15-29-25)21(28)12-23(20)32-13-19-18(16-5-7-17(27)8-6-16)3-1-4-22(19)31-9-2-10-31/h3,5-8,11-12,14-15,19,22,30H,1-2,4,9-10,13H2. The SMILES string of the molecule is Fc1ccc(C2=CCCC(N3CCC3)C2COc2cc(F)c(SNc3cscn3)cc2Cl)cc1. The Morgan fingerprint density at radius 1 is 1.21 bits per heavy atom. The van der Waals surface area contributed by atoms with Gasteiger partial charge in [0, 0.05) is 23.4 Å². The second-order valence-corrected chi connectivity index (χ2v) is 10.4. The monoisotopic (exact) mass is 519 g/mol. The van der Waals surface area contributed by atoms with Crippen LogP contribution in [0.5, 0.6) is 5.75 Å². The number of benzene rings is 2.